The minimum Gasteiger partial charge on any atom is -0.436 e. The second kappa shape index (κ2) is 11.8. The number of nitrogens with two attached hydrogens (primary N) is 2. The molecule has 10 nitrogen and oxygen atoms in total. The third-order valence-corrected chi connectivity index (χ3v) is 5.02. The fourth-order valence-corrected chi connectivity index (χ4v) is 3.24. The molecule has 7 N–H and O–H groups in total. The van der Waals surface area contributed by atoms with E-state index in [1.165, 1.54) is 18.3 Å². The van der Waals surface area contributed by atoms with Gasteiger partial charge in [0.25, 0.3) is 0 Å². The van der Waals surface area contributed by atoms with Crippen molar-refractivity contribution in [3.63, 3.8) is 0 Å². The number of amides is 1. The van der Waals surface area contributed by atoms with Gasteiger partial charge in [0, 0.05) is 44.3 Å². The zero-order valence-corrected chi connectivity index (χ0v) is 18.5. The Morgan fingerprint density at radius 2 is 2.00 bits per heavy atom. The number of hydrogen-bond donors (Lipinski definition) is 5. The van der Waals surface area contributed by atoms with Crippen molar-refractivity contribution in [2.45, 2.75) is 18.9 Å². The SMILES string of the molecule is N=C(N)NCCC[C@@H](N)C(=O)NCCN1C=CN(c2ccc(Oc3ccccn3)c(F)c2F)C1. The van der Waals surface area contributed by atoms with E-state index < -0.39 is 17.7 Å². The van der Waals surface area contributed by atoms with Crippen LogP contribution in [-0.4, -0.2) is 54.1 Å². The lowest BCUT2D eigenvalue weighted by Gasteiger charge is -2.22. The zero-order chi connectivity index (χ0) is 24.5. The van der Waals surface area contributed by atoms with E-state index in [0.717, 1.165) is 0 Å². The number of nitrogens with one attached hydrogen (secondary N) is 3. The first kappa shape index (κ1) is 24.7. The van der Waals surface area contributed by atoms with Crippen LogP contribution in [0, 0.1) is 17.0 Å². The number of rotatable bonds is 11. The fourth-order valence-electron chi connectivity index (χ4n) is 3.24. The molecule has 2 heterocycles. The van der Waals surface area contributed by atoms with Gasteiger partial charge in [-0.1, -0.05) is 6.07 Å². The number of hydrogen-bond acceptors (Lipinski definition) is 7. The van der Waals surface area contributed by atoms with Gasteiger partial charge in [-0.3, -0.25) is 10.2 Å². The summed E-state index contributed by atoms with van der Waals surface area (Å²) in [6.45, 7) is 1.56. The Bertz CT molecular complexity index is 1020. The topological polar surface area (TPSA) is 146 Å². The van der Waals surface area contributed by atoms with Crippen LogP contribution in [0.25, 0.3) is 0 Å². The van der Waals surface area contributed by atoms with Gasteiger partial charge in [0.05, 0.1) is 18.4 Å². The molecule has 2 aromatic rings. The number of guanidine groups is 1. The summed E-state index contributed by atoms with van der Waals surface area (Å²) in [6, 6.07) is 7.04. The van der Waals surface area contributed by atoms with Crippen LogP contribution in [-0.2, 0) is 4.79 Å². The van der Waals surface area contributed by atoms with Gasteiger partial charge >= 0.3 is 0 Å². The monoisotopic (exact) mass is 474 g/mol. The third kappa shape index (κ3) is 6.78. The van der Waals surface area contributed by atoms with Crippen molar-refractivity contribution in [1.29, 1.82) is 5.41 Å². The maximum atomic E-state index is 14.7. The first-order valence-electron chi connectivity index (χ1n) is 10.7. The number of carbonyl (C=O) groups excluding carboxylic acids is 1. The molecule has 0 saturated heterocycles. The van der Waals surface area contributed by atoms with Gasteiger partial charge in [-0.25, -0.2) is 9.37 Å². The number of benzene rings is 1. The molecular formula is C22H28F2N8O2. The first-order valence-corrected chi connectivity index (χ1v) is 10.7. The maximum absolute atomic E-state index is 14.7. The summed E-state index contributed by atoms with van der Waals surface area (Å²) in [4.78, 5) is 19.4. The molecule has 182 valence electrons. The van der Waals surface area contributed by atoms with E-state index in [9.17, 15) is 13.6 Å². The smallest absolute Gasteiger partial charge is 0.236 e. The summed E-state index contributed by atoms with van der Waals surface area (Å²) in [5.74, 6) is -2.62. The van der Waals surface area contributed by atoms with Crippen LogP contribution in [0.2, 0.25) is 0 Å². The van der Waals surface area contributed by atoms with E-state index in [4.69, 9.17) is 21.6 Å². The summed E-state index contributed by atoms with van der Waals surface area (Å²) in [6.07, 6.45) is 5.91. The molecule has 0 spiro atoms. The first-order chi connectivity index (χ1) is 16.3. The quantitative estimate of drug-likeness (QED) is 0.187. The van der Waals surface area contributed by atoms with Crippen LogP contribution in [0.1, 0.15) is 12.8 Å². The minimum atomic E-state index is -1.10. The van der Waals surface area contributed by atoms with Crippen LogP contribution in [0.3, 0.4) is 0 Å². The predicted octanol–water partition coefficient (Wildman–Crippen LogP) is 1.41. The summed E-state index contributed by atoms with van der Waals surface area (Å²) in [5.41, 5.74) is 11.1. The Hall–Kier alpha value is -3.93. The molecular weight excluding hydrogens is 446 g/mol. The van der Waals surface area contributed by atoms with Gasteiger partial charge < -0.3 is 36.6 Å². The van der Waals surface area contributed by atoms with E-state index in [0.29, 0.717) is 32.5 Å². The van der Waals surface area contributed by atoms with Crippen molar-refractivity contribution >= 4 is 17.6 Å². The van der Waals surface area contributed by atoms with E-state index >= 15 is 0 Å². The van der Waals surface area contributed by atoms with Crippen molar-refractivity contribution in [3.8, 4) is 11.6 Å². The maximum Gasteiger partial charge on any atom is 0.236 e. The molecule has 0 bridgehead atoms. The molecule has 34 heavy (non-hydrogen) atoms. The summed E-state index contributed by atoms with van der Waals surface area (Å²) < 4.78 is 34.6. The second-order valence-electron chi connectivity index (χ2n) is 7.58. The highest BCUT2D eigenvalue weighted by molar-refractivity contribution is 5.81. The molecule has 0 unspecified atom stereocenters. The van der Waals surface area contributed by atoms with E-state index in [1.54, 1.807) is 35.5 Å². The molecule has 0 fully saturated rings. The van der Waals surface area contributed by atoms with Crippen molar-refractivity contribution < 1.29 is 18.3 Å². The summed E-state index contributed by atoms with van der Waals surface area (Å²) in [5, 5.41) is 12.5. The molecule has 0 saturated carbocycles. The molecule has 1 aromatic carbocycles. The van der Waals surface area contributed by atoms with Gasteiger partial charge in [-0.15, -0.1) is 0 Å². The highest BCUT2D eigenvalue weighted by Crippen LogP contribution is 2.32. The normalized spacial score (nSPS) is 13.6. The Morgan fingerprint density at radius 3 is 2.74 bits per heavy atom. The molecule has 12 heteroatoms. The lowest BCUT2D eigenvalue weighted by molar-refractivity contribution is -0.122. The Balaban J connectivity index is 1.45. The third-order valence-electron chi connectivity index (χ3n) is 5.02. The average molecular weight is 475 g/mol. The average Bonchev–Trinajstić information content (AvgIpc) is 3.28. The van der Waals surface area contributed by atoms with Crippen molar-refractivity contribution in [1.82, 2.24) is 20.5 Å². The molecule has 0 radical (unpaired) electrons. The van der Waals surface area contributed by atoms with Gasteiger partial charge in [0.2, 0.25) is 17.6 Å². The van der Waals surface area contributed by atoms with Gasteiger partial charge in [-0.2, -0.15) is 4.39 Å². The van der Waals surface area contributed by atoms with Crippen LogP contribution >= 0.6 is 0 Å². The van der Waals surface area contributed by atoms with Gasteiger partial charge in [-0.05, 0) is 31.0 Å². The number of carbonyl (C=O) groups is 1. The molecule has 1 amide bonds. The number of halogens is 2. The summed E-state index contributed by atoms with van der Waals surface area (Å²) in [7, 11) is 0. The lowest BCUT2D eigenvalue weighted by Crippen LogP contribution is -2.43. The summed E-state index contributed by atoms with van der Waals surface area (Å²) >= 11 is 0. The minimum absolute atomic E-state index is 0.0647. The highest BCUT2D eigenvalue weighted by Gasteiger charge is 2.22. The number of anilines is 1. The van der Waals surface area contributed by atoms with Crippen LogP contribution in [0.15, 0.2) is 48.9 Å². The van der Waals surface area contributed by atoms with Crippen LogP contribution in [0.4, 0.5) is 14.5 Å². The Labute approximate surface area is 196 Å². The Kier molecular flexibility index (Phi) is 8.57. The molecule has 0 aliphatic carbocycles. The van der Waals surface area contributed by atoms with E-state index in [1.807, 2.05) is 4.90 Å². The molecule has 1 atom stereocenters. The largest absolute Gasteiger partial charge is 0.436 e. The van der Waals surface area contributed by atoms with Gasteiger partial charge in [0.1, 0.15) is 0 Å². The standard InChI is InChI=1S/C22H28F2N8O2/c23-19-16(6-7-17(20(19)24)34-18-5-1-2-8-28-18)32-13-12-31(14-32)11-10-29-21(33)15(25)4-3-9-30-22(26)27/h1-2,5-8,12-13,15H,3-4,9-11,14,25H2,(H,29,33)(H4,26,27,30)/t15-/m1/s1. The van der Waals surface area contributed by atoms with Crippen LogP contribution < -0.4 is 31.7 Å². The van der Waals surface area contributed by atoms with Crippen molar-refractivity contribution in [2.75, 3.05) is 31.2 Å². The van der Waals surface area contributed by atoms with Crippen molar-refractivity contribution in [3.05, 3.63) is 60.6 Å². The highest BCUT2D eigenvalue weighted by atomic mass is 19.2. The molecule has 1 aliphatic heterocycles. The number of nitrogens with zero attached hydrogens (tertiary/aromatic N) is 3. The predicted molar refractivity (Wildman–Crippen MR) is 124 cm³/mol. The number of pyridine rings is 1. The lowest BCUT2D eigenvalue weighted by atomic mass is 10.1. The molecule has 1 aliphatic rings. The number of ether oxygens (including phenoxy) is 1. The van der Waals surface area contributed by atoms with Crippen LogP contribution in [0.5, 0.6) is 11.6 Å². The zero-order valence-electron chi connectivity index (χ0n) is 18.5. The van der Waals surface area contributed by atoms with E-state index in [-0.39, 0.29) is 35.9 Å². The second-order valence-corrected chi connectivity index (χ2v) is 7.58. The molecule has 1 aromatic heterocycles. The van der Waals surface area contributed by atoms with Gasteiger partial charge in [0.15, 0.2) is 17.5 Å². The van der Waals surface area contributed by atoms with E-state index in [2.05, 4.69) is 15.6 Å². The number of aromatic nitrogens is 1. The van der Waals surface area contributed by atoms with Crippen molar-refractivity contribution in [2.24, 2.45) is 11.5 Å². The Morgan fingerprint density at radius 1 is 1.18 bits per heavy atom. The fraction of sp³-hybridized carbons (Fsp3) is 0.318. The molecule has 3 rings (SSSR count).